The highest BCUT2D eigenvalue weighted by atomic mass is 79.9. The summed E-state index contributed by atoms with van der Waals surface area (Å²) in [7, 11) is 0. The molecule has 2 heterocycles. The zero-order valence-electron chi connectivity index (χ0n) is 16.5. The first-order chi connectivity index (χ1) is 14.4. The Bertz CT molecular complexity index is 1110. The average molecular weight is 470 g/mol. The lowest BCUT2D eigenvalue weighted by molar-refractivity contribution is -0.118. The van der Waals surface area contributed by atoms with E-state index in [1.165, 1.54) is 6.33 Å². The number of carbonyl (C=O) groups is 2. The first-order valence-corrected chi connectivity index (χ1v) is 10.2. The summed E-state index contributed by atoms with van der Waals surface area (Å²) >= 11 is 3.47. The fourth-order valence-electron chi connectivity index (χ4n) is 3.55. The number of halogens is 1. The van der Waals surface area contributed by atoms with Crippen LogP contribution in [-0.2, 0) is 9.59 Å². The maximum absolute atomic E-state index is 12.4. The van der Waals surface area contributed by atoms with Crippen LogP contribution in [0.3, 0.4) is 0 Å². The zero-order valence-corrected chi connectivity index (χ0v) is 18.1. The number of hydrogen-bond donors (Lipinski definition) is 2. The Kier molecular flexibility index (Phi) is 5.54. The Balaban J connectivity index is 1.53. The Hall–Kier alpha value is -3.20. The molecule has 0 saturated heterocycles. The molecule has 30 heavy (non-hydrogen) atoms. The van der Waals surface area contributed by atoms with Gasteiger partial charge in [0.1, 0.15) is 12.1 Å². The number of aromatic nitrogens is 3. The van der Waals surface area contributed by atoms with E-state index >= 15 is 0 Å². The van der Waals surface area contributed by atoms with Crippen LogP contribution in [0, 0.1) is 13.8 Å². The van der Waals surface area contributed by atoms with E-state index in [-0.39, 0.29) is 30.9 Å². The predicted octanol–water partition coefficient (Wildman–Crippen LogP) is 3.61. The minimum Gasteiger partial charge on any atom is -0.483 e. The molecule has 0 aliphatic carbocycles. The van der Waals surface area contributed by atoms with Gasteiger partial charge in [0.2, 0.25) is 11.9 Å². The molecule has 0 radical (unpaired) electrons. The van der Waals surface area contributed by atoms with Crippen LogP contribution in [0.2, 0.25) is 0 Å². The molecule has 4 rings (SSSR count). The van der Waals surface area contributed by atoms with E-state index in [2.05, 4.69) is 36.6 Å². The number of fused-ring (bicyclic) bond motifs is 1. The third-order valence-electron chi connectivity index (χ3n) is 4.69. The molecule has 2 aromatic carbocycles. The highest BCUT2D eigenvalue weighted by molar-refractivity contribution is 9.10. The van der Waals surface area contributed by atoms with Crippen LogP contribution in [0.15, 0.2) is 47.2 Å². The highest BCUT2D eigenvalue weighted by Crippen LogP contribution is 2.36. The minimum atomic E-state index is -0.383. The molecular weight excluding hydrogens is 450 g/mol. The van der Waals surface area contributed by atoms with Gasteiger partial charge in [0.25, 0.3) is 5.91 Å². The summed E-state index contributed by atoms with van der Waals surface area (Å²) in [5, 5.41) is 9.78. The van der Waals surface area contributed by atoms with Gasteiger partial charge in [0, 0.05) is 15.7 Å². The number of aryl methyl sites for hydroxylation is 2. The lowest BCUT2D eigenvalue weighted by Gasteiger charge is -2.25. The molecule has 0 saturated carbocycles. The van der Waals surface area contributed by atoms with E-state index < -0.39 is 0 Å². The topological polar surface area (TPSA) is 98.1 Å². The number of carbonyl (C=O) groups excluding carboxylic acids is 2. The minimum absolute atomic E-state index is 0.154. The first-order valence-electron chi connectivity index (χ1n) is 9.39. The number of amides is 2. The molecule has 0 bridgehead atoms. The van der Waals surface area contributed by atoms with E-state index in [1.54, 1.807) is 10.7 Å². The summed E-state index contributed by atoms with van der Waals surface area (Å²) in [4.78, 5) is 28.6. The molecule has 2 amide bonds. The van der Waals surface area contributed by atoms with Crippen molar-refractivity contribution in [1.82, 2.24) is 14.8 Å². The molecule has 0 fully saturated rings. The van der Waals surface area contributed by atoms with Crippen molar-refractivity contribution in [3.05, 3.63) is 63.9 Å². The highest BCUT2D eigenvalue weighted by Gasteiger charge is 2.30. The van der Waals surface area contributed by atoms with Gasteiger partial charge in [-0.2, -0.15) is 10.1 Å². The summed E-state index contributed by atoms with van der Waals surface area (Å²) < 4.78 is 8.32. The van der Waals surface area contributed by atoms with Crippen LogP contribution in [0.25, 0.3) is 0 Å². The average Bonchev–Trinajstić information content (AvgIpc) is 3.13. The Morgan fingerprint density at radius 1 is 1.27 bits per heavy atom. The summed E-state index contributed by atoms with van der Waals surface area (Å²) in [6.07, 6.45) is 1.58. The van der Waals surface area contributed by atoms with Gasteiger partial charge in [-0.25, -0.2) is 4.68 Å². The van der Waals surface area contributed by atoms with Gasteiger partial charge >= 0.3 is 0 Å². The van der Waals surface area contributed by atoms with Crippen LogP contribution in [0.4, 0.5) is 11.6 Å². The van der Waals surface area contributed by atoms with Crippen LogP contribution in [0.5, 0.6) is 5.75 Å². The van der Waals surface area contributed by atoms with E-state index in [4.69, 9.17) is 4.74 Å². The van der Waals surface area contributed by atoms with Crippen molar-refractivity contribution >= 4 is 39.4 Å². The van der Waals surface area contributed by atoms with Gasteiger partial charge in [-0.05, 0) is 55.3 Å². The van der Waals surface area contributed by atoms with Crippen LogP contribution >= 0.6 is 15.9 Å². The Morgan fingerprint density at radius 3 is 2.80 bits per heavy atom. The van der Waals surface area contributed by atoms with Crippen molar-refractivity contribution in [2.24, 2.45) is 0 Å². The van der Waals surface area contributed by atoms with Gasteiger partial charge in [0.05, 0.1) is 12.5 Å². The van der Waals surface area contributed by atoms with E-state index in [1.807, 2.05) is 44.2 Å². The molecule has 1 atom stereocenters. The van der Waals surface area contributed by atoms with Crippen molar-refractivity contribution < 1.29 is 14.3 Å². The van der Waals surface area contributed by atoms with Gasteiger partial charge in [0.15, 0.2) is 6.61 Å². The van der Waals surface area contributed by atoms with Crippen molar-refractivity contribution in [3.8, 4) is 5.75 Å². The third-order valence-corrected chi connectivity index (χ3v) is 5.19. The lowest BCUT2D eigenvalue weighted by Crippen LogP contribution is -2.30. The molecule has 2 N–H and O–H groups in total. The first kappa shape index (κ1) is 20.1. The number of benzene rings is 2. The van der Waals surface area contributed by atoms with Gasteiger partial charge in [-0.1, -0.05) is 22.0 Å². The van der Waals surface area contributed by atoms with Gasteiger partial charge < -0.3 is 10.1 Å². The van der Waals surface area contributed by atoms with E-state index in [0.29, 0.717) is 11.7 Å². The lowest BCUT2D eigenvalue weighted by atomic mass is 10.0. The maximum atomic E-state index is 12.4. The summed E-state index contributed by atoms with van der Waals surface area (Å²) in [5.74, 6) is 0.473. The quantitative estimate of drug-likeness (QED) is 0.594. The number of nitrogens with zero attached hydrogens (tertiary/aromatic N) is 3. The number of ether oxygens (including phenoxy) is 1. The fourth-order valence-corrected chi connectivity index (χ4v) is 3.92. The number of anilines is 2. The van der Waals surface area contributed by atoms with Crippen LogP contribution < -0.4 is 15.4 Å². The summed E-state index contributed by atoms with van der Waals surface area (Å²) in [6.45, 7) is 3.79. The molecule has 9 heteroatoms. The second kappa shape index (κ2) is 8.27. The maximum Gasteiger partial charge on any atom is 0.262 e. The molecule has 1 aliphatic heterocycles. The second-order valence-electron chi connectivity index (χ2n) is 7.19. The Morgan fingerprint density at radius 2 is 2.03 bits per heavy atom. The van der Waals surface area contributed by atoms with Gasteiger partial charge in [-0.3, -0.25) is 14.9 Å². The second-order valence-corrected chi connectivity index (χ2v) is 8.11. The van der Waals surface area contributed by atoms with E-state index in [9.17, 15) is 9.59 Å². The molecule has 3 aromatic rings. The third kappa shape index (κ3) is 4.35. The zero-order chi connectivity index (χ0) is 21.3. The molecule has 1 aliphatic rings. The fraction of sp³-hybridized carbons (Fsp3) is 0.238. The smallest absolute Gasteiger partial charge is 0.262 e. The summed E-state index contributed by atoms with van der Waals surface area (Å²) in [6, 6.07) is 10.9. The van der Waals surface area contributed by atoms with Crippen molar-refractivity contribution in [2.75, 3.05) is 17.2 Å². The standard InChI is InChI=1S/C21H20BrN5O3/c1-12-5-13(2)7-15(6-12)25-20(29)10-30-18-4-3-14(22)8-16(18)17-9-19(28)26-21-23-11-24-27(17)21/h3-8,11,17H,9-10H2,1-2H3,(H,25,29)(H,23,24,26,28)/t17-/m0/s1. The number of nitrogens with one attached hydrogen (secondary N) is 2. The van der Waals surface area contributed by atoms with Gasteiger partial charge in [-0.15, -0.1) is 0 Å². The number of hydrogen-bond acceptors (Lipinski definition) is 5. The van der Waals surface area contributed by atoms with Crippen molar-refractivity contribution in [3.63, 3.8) is 0 Å². The van der Waals surface area contributed by atoms with Crippen LogP contribution in [-0.4, -0.2) is 33.2 Å². The van der Waals surface area contributed by atoms with Crippen LogP contribution in [0.1, 0.15) is 29.2 Å². The molecule has 0 spiro atoms. The molecular formula is C21H20BrN5O3. The molecule has 8 nitrogen and oxygen atoms in total. The van der Waals surface area contributed by atoms with E-state index in [0.717, 1.165) is 26.9 Å². The monoisotopic (exact) mass is 469 g/mol. The summed E-state index contributed by atoms with van der Waals surface area (Å²) in [5.41, 5.74) is 3.61. The largest absolute Gasteiger partial charge is 0.483 e. The van der Waals surface area contributed by atoms with Crippen molar-refractivity contribution in [1.29, 1.82) is 0 Å². The molecule has 0 unspecified atom stereocenters. The normalized spacial score (nSPS) is 15.3. The SMILES string of the molecule is Cc1cc(C)cc(NC(=O)COc2ccc(Br)cc2[C@@H]2CC(=O)Nc3ncnn32)c1. The number of rotatable bonds is 5. The predicted molar refractivity (Wildman–Crippen MR) is 116 cm³/mol. The van der Waals surface area contributed by atoms with Crippen molar-refractivity contribution in [2.45, 2.75) is 26.3 Å². The molecule has 1 aromatic heterocycles. The molecule has 154 valence electrons. The Labute approximate surface area is 181 Å².